The van der Waals surface area contributed by atoms with Crippen molar-refractivity contribution >= 4 is 11.6 Å². The second-order valence-corrected chi connectivity index (χ2v) is 4.43. The molecule has 17 heavy (non-hydrogen) atoms. The Morgan fingerprint density at radius 3 is 2.41 bits per heavy atom. The predicted octanol–water partition coefficient (Wildman–Crippen LogP) is 1.14. The van der Waals surface area contributed by atoms with E-state index in [1.165, 1.54) is 0 Å². The number of aliphatic hydroxyl groups excluding tert-OH is 1. The van der Waals surface area contributed by atoms with E-state index in [1.54, 1.807) is 0 Å². The average Bonchev–Trinajstić information content (AvgIpc) is 2.30. The highest BCUT2D eigenvalue weighted by Gasteiger charge is 2.16. The lowest BCUT2D eigenvalue weighted by molar-refractivity contribution is -0.118. The van der Waals surface area contributed by atoms with Crippen LogP contribution in [0.4, 0.5) is 5.69 Å². The molecule has 0 fully saturated rings. The molecule has 4 nitrogen and oxygen atoms in total. The van der Waals surface area contributed by atoms with Gasteiger partial charge in [0.2, 0.25) is 5.91 Å². The molecule has 1 aromatic carbocycles. The van der Waals surface area contributed by atoms with Crippen LogP contribution < -0.4 is 11.1 Å². The summed E-state index contributed by atoms with van der Waals surface area (Å²) in [5.74, 6) is -0.0569. The number of anilines is 1. The van der Waals surface area contributed by atoms with Crippen molar-refractivity contribution in [3.8, 4) is 0 Å². The molecule has 0 aliphatic carbocycles. The fourth-order valence-corrected chi connectivity index (χ4v) is 1.41. The first-order valence-corrected chi connectivity index (χ1v) is 5.81. The second-order valence-electron chi connectivity index (χ2n) is 4.43. The average molecular weight is 236 g/mol. The van der Waals surface area contributed by atoms with E-state index in [4.69, 9.17) is 10.8 Å². The number of amides is 1. The highest BCUT2D eigenvalue weighted by atomic mass is 16.2. The third-order valence-electron chi connectivity index (χ3n) is 2.64. The lowest BCUT2D eigenvalue weighted by atomic mass is 10.0. The Balaban J connectivity index is 2.60. The summed E-state index contributed by atoms with van der Waals surface area (Å²) in [6.45, 7) is 3.95. The SMILES string of the molecule is CC(C)[C@@H](N)C(=O)Nc1ccc(CCO)cc1. The molecule has 94 valence electrons. The van der Waals surface area contributed by atoms with Crippen LogP contribution in [0, 0.1) is 5.92 Å². The van der Waals surface area contributed by atoms with Crippen molar-refractivity contribution < 1.29 is 9.90 Å². The predicted molar refractivity (Wildman–Crippen MR) is 68.7 cm³/mol. The summed E-state index contributed by atoms with van der Waals surface area (Å²) >= 11 is 0. The number of carbonyl (C=O) groups excluding carboxylic acids is 1. The number of rotatable bonds is 5. The quantitative estimate of drug-likeness (QED) is 0.717. The van der Waals surface area contributed by atoms with Crippen molar-refractivity contribution in [1.29, 1.82) is 0 Å². The summed E-state index contributed by atoms with van der Waals surface area (Å²) in [7, 11) is 0. The fourth-order valence-electron chi connectivity index (χ4n) is 1.41. The summed E-state index contributed by atoms with van der Waals surface area (Å²) in [6, 6.07) is 6.90. The first kappa shape index (κ1) is 13.7. The Hall–Kier alpha value is -1.39. The molecule has 0 aromatic heterocycles. The highest BCUT2D eigenvalue weighted by Crippen LogP contribution is 2.11. The summed E-state index contributed by atoms with van der Waals surface area (Å²) in [6.07, 6.45) is 0.625. The minimum atomic E-state index is -0.493. The molecule has 0 spiro atoms. The van der Waals surface area contributed by atoms with Gasteiger partial charge in [-0.15, -0.1) is 0 Å². The van der Waals surface area contributed by atoms with Crippen LogP contribution in [-0.4, -0.2) is 23.7 Å². The summed E-state index contributed by atoms with van der Waals surface area (Å²) in [4.78, 5) is 11.7. The molecule has 0 radical (unpaired) electrons. The van der Waals surface area contributed by atoms with Crippen LogP contribution in [0.15, 0.2) is 24.3 Å². The molecule has 0 aliphatic rings. The molecule has 0 saturated carbocycles. The zero-order valence-corrected chi connectivity index (χ0v) is 10.3. The van der Waals surface area contributed by atoms with Gasteiger partial charge in [-0.3, -0.25) is 4.79 Å². The highest BCUT2D eigenvalue weighted by molar-refractivity contribution is 5.94. The third kappa shape index (κ3) is 4.17. The Morgan fingerprint density at radius 1 is 1.35 bits per heavy atom. The van der Waals surface area contributed by atoms with Gasteiger partial charge >= 0.3 is 0 Å². The zero-order chi connectivity index (χ0) is 12.8. The van der Waals surface area contributed by atoms with Crippen molar-refractivity contribution in [2.45, 2.75) is 26.3 Å². The van der Waals surface area contributed by atoms with Crippen molar-refractivity contribution in [2.24, 2.45) is 11.7 Å². The van der Waals surface area contributed by atoms with E-state index < -0.39 is 6.04 Å². The zero-order valence-electron chi connectivity index (χ0n) is 10.3. The summed E-state index contributed by atoms with van der Waals surface area (Å²) in [5.41, 5.74) is 7.51. The van der Waals surface area contributed by atoms with Gasteiger partial charge < -0.3 is 16.2 Å². The fraction of sp³-hybridized carbons (Fsp3) is 0.462. The number of nitrogens with two attached hydrogens (primary N) is 1. The van der Waals surface area contributed by atoms with E-state index in [1.807, 2.05) is 38.1 Å². The van der Waals surface area contributed by atoms with Crippen LogP contribution >= 0.6 is 0 Å². The molecule has 0 bridgehead atoms. The van der Waals surface area contributed by atoms with Gasteiger partial charge in [-0.05, 0) is 30.0 Å². The van der Waals surface area contributed by atoms with Crippen molar-refractivity contribution in [1.82, 2.24) is 0 Å². The number of hydrogen-bond donors (Lipinski definition) is 3. The molecule has 0 aliphatic heterocycles. The van der Waals surface area contributed by atoms with Gasteiger partial charge in [0, 0.05) is 12.3 Å². The van der Waals surface area contributed by atoms with Gasteiger partial charge in [-0.1, -0.05) is 26.0 Å². The topological polar surface area (TPSA) is 75.4 Å². The smallest absolute Gasteiger partial charge is 0.241 e. The van der Waals surface area contributed by atoms with Crippen LogP contribution in [-0.2, 0) is 11.2 Å². The van der Waals surface area contributed by atoms with Gasteiger partial charge in [-0.25, -0.2) is 0 Å². The van der Waals surface area contributed by atoms with Crippen molar-refractivity contribution in [3.05, 3.63) is 29.8 Å². The van der Waals surface area contributed by atoms with Crippen molar-refractivity contribution in [2.75, 3.05) is 11.9 Å². The third-order valence-corrected chi connectivity index (χ3v) is 2.64. The van der Waals surface area contributed by atoms with Crippen LogP contribution in [0.2, 0.25) is 0 Å². The van der Waals surface area contributed by atoms with Gasteiger partial charge in [0.05, 0.1) is 6.04 Å². The minimum absolute atomic E-state index is 0.115. The lowest BCUT2D eigenvalue weighted by Crippen LogP contribution is -2.39. The van der Waals surface area contributed by atoms with Gasteiger partial charge in [-0.2, -0.15) is 0 Å². The molecule has 4 heteroatoms. The van der Waals surface area contributed by atoms with E-state index in [0.29, 0.717) is 6.42 Å². The van der Waals surface area contributed by atoms with Crippen LogP contribution in [0.1, 0.15) is 19.4 Å². The molecular weight excluding hydrogens is 216 g/mol. The number of hydrogen-bond acceptors (Lipinski definition) is 3. The summed E-state index contributed by atoms with van der Waals surface area (Å²) < 4.78 is 0. The molecule has 1 amide bonds. The standard InChI is InChI=1S/C13H20N2O2/c1-9(2)12(14)13(17)15-11-5-3-10(4-6-11)7-8-16/h3-6,9,12,16H,7-8,14H2,1-2H3,(H,15,17)/t12-/m1/s1. The van der Waals surface area contributed by atoms with Crippen LogP contribution in [0.3, 0.4) is 0 Å². The van der Waals surface area contributed by atoms with Crippen molar-refractivity contribution in [3.63, 3.8) is 0 Å². The largest absolute Gasteiger partial charge is 0.396 e. The minimum Gasteiger partial charge on any atom is -0.396 e. The maximum atomic E-state index is 11.7. The molecule has 4 N–H and O–H groups in total. The molecule has 1 atom stereocenters. The monoisotopic (exact) mass is 236 g/mol. The first-order valence-electron chi connectivity index (χ1n) is 5.81. The Bertz CT molecular complexity index is 360. The molecule has 1 rings (SSSR count). The van der Waals surface area contributed by atoms with E-state index >= 15 is 0 Å². The number of nitrogens with one attached hydrogen (secondary N) is 1. The number of carbonyl (C=O) groups is 1. The van der Waals surface area contributed by atoms with Gasteiger partial charge in [0.15, 0.2) is 0 Å². The Morgan fingerprint density at radius 2 is 1.94 bits per heavy atom. The van der Waals surface area contributed by atoms with E-state index in [0.717, 1.165) is 11.3 Å². The van der Waals surface area contributed by atoms with Crippen LogP contribution in [0.5, 0.6) is 0 Å². The van der Waals surface area contributed by atoms with Crippen LogP contribution in [0.25, 0.3) is 0 Å². The summed E-state index contributed by atoms with van der Waals surface area (Å²) in [5, 5.41) is 11.5. The molecule has 0 saturated heterocycles. The van der Waals surface area contributed by atoms with E-state index in [-0.39, 0.29) is 18.4 Å². The molecule has 0 heterocycles. The molecule has 1 aromatic rings. The van der Waals surface area contributed by atoms with E-state index in [9.17, 15) is 4.79 Å². The maximum Gasteiger partial charge on any atom is 0.241 e. The van der Waals surface area contributed by atoms with Gasteiger partial charge in [0.25, 0.3) is 0 Å². The number of benzene rings is 1. The van der Waals surface area contributed by atoms with E-state index in [2.05, 4.69) is 5.32 Å². The molecule has 0 unspecified atom stereocenters. The lowest BCUT2D eigenvalue weighted by Gasteiger charge is -2.15. The second kappa shape index (κ2) is 6.37. The normalized spacial score (nSPS) is 12.5. The maximum absolute atomic E-state index is 11.7. The molecular formula is C13H20N2O2. The van der Waals surface area contributed by atoms with Gasteiger partial charge in [0.1, 0.15) is 0 Å². The number of aliphatic hydroxyl groups is 1. The Labute approximate surface area is 102 Å². The Kier molecular flexibility index (Phi) is 5.12. The first-order chi connectivity index (χ1) is 8.04.